The third-order valence-corrected chi connectivity index (χ3v) is 4.15. The Morgan fingerprint density at radius 1 is 1.00 bits per heavy atom. The molecule has 0 amide bonds. The van der Waals surface area contributed by atoms with Crippen LogP contribution in [0.2, 0.25) is 0 Å². The van der Waals surface area contributed by atoms with Gasteiger partial charge in [-0.25, -0.2) is 0 Å². The highest BCUT2D eigenvalue weighted by Crippen LogP contribution is 2.26. The molecule has 0 fully saturated rings. The molecule has 108 valence electrons. The van der Waals surface area contributed by atoms with Crippen LogP contribution in [-0.2, 0) is 0 Å². The monoisotopic (exact) mass is 269 g/mol. The van der Waals surface area contributed by atoms with Gasteiger partial charge in [-0.1, -0.05) is 63.6 Å². The Labute approximate surface area is 123 Å². The van der Waals surface area contributed by atoms with E-state index in [0.29, 0.717) is 6.04 Å². The van der Waals surface area contributed by atoms with E-state index in [1.165, 1.54) is 35.6 Å². The molecule has 0 saturated heterocycles. The van der Waals surface area contributed by atoms with Gasteiger partial charge in [-0.15, -0.1) is 0 Å². The Kier molecular flexibility index (Phi) is 5.60. The van der Waals surface area contributed by atoms with Crippen molar-refractivity contribution in [3.05, 3.63) is 48.0 Å². The maximum atomic E-state index is 3.72. The van der Waals surface area contributed by atoms with E-state index in [-0.39, 0.29) is 0 Å². The number of hydrogen-bond donors (Lipinski definition) is 1. The summed E-state index contributed by atoms with van der Waals surface area (Å²) in [5.74, 6) is 0.760. The molecule has 0 aliphatic carbocycles. The lowest BCUT2D eigenvalue weighted by Crippen LogP contribution is -2.24. The lowest BCUT2D eigenvalue weighted by Gasteiger charge is -2.22. The minimum absolute atomic E-state index is 0.481. The van der Waals surface area contributed by atoms with Gasteiger partial charge in [0.05, 0.1) is 0 Å². The van der Waals surface area contributed by atoms with E-state index in [0.717, 1.165) is 12.5 Å². The van der Waals surface area contributed by atoms with Gasteiger partial charge in [0.2, 0.25) is 0 Å². The van der Waals surface area contributed by atoms with Crippen molar-refractivity contribution in [2.75, 3.05) is 6.54 Å². The third-order valence-electron chi connectivity index (χ3n) is 4.15. The van der Waals surface area contributed by atoms with Gasteiger partial charge in [-0.3, -0.25) is 0 Å². The van der Waals surface area contributed by atoms with Crippen LogP contribution in [0.25, 0.3) is 10.8 Å². The molecule has 2 aromatic carbocycles. The highest BCUT2D eigenvalue weighted by atomic mass is 14.9. The van der Waals surface area contributed by atoms with Crippen molar-refractivity contribution in [3.8, 4) is 0 Å². The SMILES string of the molecule is CCCNC(CC(C)CC)c1ccc2ccccc2c1. The summed E-state index contributed by atoms with van der Waals surface area (Å²) < 4.78 is 0. The summed E-state index contributed by atoms with van der Waals surface area (Å²) in [5, 5.41) is 6.39. The topological polar surface area (TPSA) is 12.0 Å². The molecule has 1 heteroatoms. The van der Waals surface area contributed by atoms with Gasteiger partial charge in [0.25, 0.3) is 0 Å². The van der Waals surface area contributed by atoms with Crippen molar-refractivity contribution >= 4 is 10.8 Å². The van der Waals surface area contributed by atoms with Crippen molar-refractivity contribution in [2.45, 2.75) is 46.1 Å². The van der Waals surface area contributed by atoms with E-state index in [4.69, 9.17) is 0 Å². The average molecular weight is 269 g/mol. The number of nitrogens with one attached hydrogen (secondary N) is 1. The van der Waals surface area contributed by atoms with Crippen LogP contribution in [0.1, 0.15) is 51.6 Å². The summed E-state index contributed by atoms with van der Waals surface area (Å²) in [6, 6.07) is 16.0. The molecule has 2 atom stereocenters. The maximum Gasteiger partial charge on any atom is 0.0323 e. The quantitative estimate of drug-likeness (QED) is 0.717. The summed E-state index contributed by atoms with van der Waals surface area (Å²) in [5.41, 5.74) is 1.43. The first-order valence-electron chi connectivity index (χ1n) is 7.96. The minimum atomic E-state index is 0.481. The second kappa shape index (κ2) is 7.44. The molecule has 2 rings (SSSR count). The van der Waals surface area contributed by atoms with E-state index >= 15 is 0 Å². The molecule has 1 N–H and O–H groups in total. The van der Waals surface area contributed by atoms with Gasteiger partial charge in [-0.2, -0.15) is 0 Å². The molecule has 0 spiro atoms. The van der Waals surface area contributed by atoms with Crippen molar-refractivity contribution < 1.29 is 0 Å². The standard InChI is InChI=1S/C19H27N/c1-4-12-20-19(13-15(3)5-2)18-11-10-16-8-6-7-9-17(16)14-18/h6-11,14-15,19-20H,4-5,12-13H2,1-3H3. The molecule has 2 aromatic rings. The normalized spacial score (nSPS) is 14.3. The number of rotatable bonds is 7. The van der Waals surface area contributed by atoms with Crippen LogP contribution in [0, 0.1) is 5.92 Å². The maximum absolute atomic E-state index is 3.72. The van der Waals surface area contributed by atoms with E-state index in [1.54, 1.807) is 0 Å². The van der Waals surface area contributed by atoms with E-state index in [1.807, 2.05) is 0 Å². The van der Waals surface area contributed by atoms with Crippen molar-refractivity contribution in [3.63, 3.8) is 0 Å². The lowest BCUT2D eigenvalue weighted by atomic mass is 9.93. The van der Waals surface area contributed by atoms with E-state index in [2.05, 4.69) is 68.6 Å². The van der Waals surface area contributed by atoms with Crippen LogP contribution in [0.3, 0.4) is 0 Å². The van der Waals surface area contributed by atoms with Crippen LogP contribution in [-0.4, -0.2) is 6.54 Å². The number of fused-ring (bicyclic) bond motifs is 1. The minimum Gasteiger partial charge on any atom is -0.310 e. The van der Waals surface area contributed by atoms with Crippen molar-refractivity contribution in [1.29, 1.82) is 0 Å². The van der Waals surface area contributed by atoms with E-state index in [9.17, 15) is 0 Å². The first-order valence-corrected chi connectivity index (χ1v) is 7.96. The highest BCUT2D eigenvalue weighted by Gasteiger charge is 2.14. The van der Waals surface area contributed by atoms with Crippen molar-refractivity contribution in [1.82, 2.24) is 5.32 Å². The molecule has 2 unspecified atom stereocenters. The highest BCUT2D eigenvalue weighted by molar-refractivity contribution is 5.83. The predicted octanol–water partition coefficient (Wildman–Crippen LogP) is 5.32. The zero-order valence-corrected chi connectivity index (χ0v) is 13.0. The van der Waals surface area contributed by atoms with Gasteiger partial charge in [0, 0.05) is 6.04 Å². The zero-order chi connectivity index (χ0) is 14.4. The van der Waals surface area contributed by atoms with Crippen LogP contribution in [0.5, 0.6) is 0 Å². The Morgan fingerprint density at radius 3 is 2.45 bits per heavy atom. The van der Waals surface area contributed by atoms with Gasteiger partial charge in [0.1, 0.15) is 0 Å². The summed E-state index contributed by atoms with van der Waals surface area (Å²) in [6.07, 6.45) is 3.65. The first-order chi connectivity index (χ1) is 9.74. The fourth-order valence-electron chi connectivity index (χ4n) is 2.65. The Morgan fingerprint density at radius 2 is 1.75 bits per heavy atom. The Bertz CT molecular complexity index is 532. The first kappa shape index (κ1) is 15.1. The number of benzene rings is 2. The molecule has 0 saturated carbocycles. The smallest absolute Gasteiger partial charge is 0.0323 e. The second-order valence-electron chi connectivity index (χ2n) is 5.86. The molecule has 20 heavy (non-hydrogen) atoms. The molecular formula is C19H27N. The van der Waals surface area contributed by atoms with Gasteiger partial charge < -0.3 is 5.32 Å². The fourth-order valence-corrected chi connectivity index (χ4v) is 2.65. The van der Waals surface area contributed by atoms with E-state index < -0.39 is 0 Å². The van der Waals surface area contributed by atoms with Crippen LogP contribution >= 0.6 is 0 Å². The largest absolute Gasteiger partial charge is 0.310 e. The average Bonchev–Trinajstić information content (AvgIpc) is 2.50. The molecule has 0 aliphatic heterocycles. The van der Waals surface area contributed by atoms with Gasteiger partial charge in [0.15, 0.2) is 0 Å². The summed E-state index contributed by atoms with van der Waals surface area (Å²) >= 11 is 0. The second-order valence-corrected chi connectivity index (χ2v) is 5.86. The Balaban J connectivity index is 2.24. The molecule has 0 heterocycles. The lowest BCUT2D eigenvalue weighted by molar-refractivity contribution is 0.402. The van der Waals surface area contributed by atoms with Crippen molar-refractivity contribution in [2.24, 2.45) is 5.92 Å². The summed E-state index contributed by atoms with van der Waals surface area (Å²) in [6.45, 7) is 7.95. The zero-order valence-electron chi connectivity index (χ0n) is 13.0. The number of hydrogen-bond acceptors (Lipinski definition) is 1. The van der Waals surface area contributed by atoms with Crippen LogP contribution in [0.4, 0.5) is 0 Å². The molecule has 0 aromatic heterocycles. The van der Waals surface area contributed by atoms with Gasteiger partial charge in [-0.05, 0) is 47.7 Å². The van der Waals surface area contributed by atoms with Gasteiger partial charge >= 0.3 is 0 Å². The van der Waals surface area contributed by atoms with Crippen LogP contribution < -0.4 is 5.32 Å². The summed E-state index contributed by atoms with van der Waals surface area (Å²) in [4.78, 5) is 0. The fraction of sp³-hybridized carbons (Fsp3) is 0.474. The molecule has 0 bridgehead atoms. The Hall–Kier alpha value is -1.34. The molecule has 1 nitrogen and oxygen atoms in total. The predicted molar refractivity (Wildman–Crippen MR) is 89.1 cm³/mol. The third kappa shape index (κ3) is 3.83. The molecule has 0 radical (unpaired) electrons. The van der Waals surface area contributed by atoms with Crippen LogP contribution in [0.15, 0.2) is 42.5 Å². The summed E-state index contributed by atoms with van der Waals surface area (Å²) in [7, 11) is 0. The molecular weight excluding hydrogens is 242 g/mol. The molecule has 0 aliphatic rings.